The predicted molar refractivity (Wildman–Crippen MR) is 127 cm³/mol. The van der Waals surface area contributed by atoms with Crippen molar-refractivity contribution in [1.82, 2.24) is 29.6 Å². The SMILES string of the molecule is C=C(N=C(C=CC)NC(=O)c1cc(F)cc(-n2cnc(CC3CC3)c2)c1)c1nncn1C1CC1. The van der Waals surface area contributed by atoms with Crippen LogP contribution in [0.1, 0.15) is 60.5 Å². The Bertz CT molecular complexity index is 1290. The number of aliphatic imine (C=N–C) groups is 1. The molecule has 3 aromatic rings. The van der Waals surface area contributed by atoms with E-state index in [1.165, 1.54) is 25.0 Å². The minimum atomic E-state index is -0.508. The molecule has 0 radical (unpaired) electrons. The highest BCUT2D eigenvalue weighted by Crippen LogP contribution is 2.36. The third-order valence-electron chi connectivity index (χ3n) is 5.87. The van der Waals surface area contributed by atoms with Crippen molar-refractivity contribution in [2.45, 2.75) is 45.1 Å². The van der Waals surface area contributed by atoms with Gasteiger partial charge in [-0.05, 0) is 69.2 Å². The van der Waals surface area contributed by atoms with E-state index < -0.39 is 11.7 Å². The summed E-state index contributed by atoms with van der Waals surface area (Å²) in [6, 6.07) is 4.59. The van der Waals surface area contributed by atoms with Crippen molar-refractivity contribution in [3.8, 4) is 5.69 Å². The first-order chi connectivity index (χ1) is 16.5. The monoisotopic (exact) mass is 459 g/mol. The molecule has 2 heterocycles. The molecule has 2 aliphatic carbocycles. The number of nitrogens with one attached hydrogen (secondary N) is 1. The first-order valence-electron chi connectivity index (χ1n) is 11.5. The molecular formula is C25H26FN7O. The first-order valence-corrected chi connectivity index (χ1v) is 11.5. The zero-order valence-corrected chi connectivity index (χ0v) is 19.0. The highest BCUT2D eigenvalue weighted by Gasteiger charge is 2.27. The number of rotatable bonds is 8. The number of hydrogen-bond donors (Lipinski definition) is 1. The number of aromatic nitrogens is 5. The largest absolute Gasteiger partial charge is 0.309 e. The van der Waals surface area contributed by atoms with E-state index in [-0.39, 0.29) is 11.4 Å². The fourth-order valence-corrected chi connectivity index (χ4v) is 3.80. The number of amidine groups is 1. The molecule has 0 saturated heterocycles. The summed E-state index contributed by atoms with van der Waals surface area (Å²) in [6.45, 7) is 5.81. The number of nitrogens with zero attached hydrogens (tertiary/aromatic N) is 6. The second-order valence-corrected chi connectivity index (χ2v) is 8.81. The minimum Gasteiger partial charge on any atom is -0.309 e. The van der Waals surface area contributed by atoms with Gasteiger partial charge in [0, 0.05) is 17.8 Å². The van der Waals surface area contributed by atoms with Crippen molar-refractivity contribution < 1.29 is 9.18 Å². The van der Waals surface area contributed by atoms with Crippen molar-refractivity contribution in [2.24, 2.45) is 10.9 Å². The van der Waals surface area contributed by atoms with Crippen LogP contribution in [0.2, 0.25) is 0 Å². The average molecular weight is 460 g/mol. The van der Waals surface area contributed by atoms with Gasteiger partial charge in [-0.1, -0.05) is 12.7 Å². The second kappa shape index (κ2) is 9.17. The van der Waals surface area contributed by atoms with Crippen LogP contribution in [0, 0.1) is 11.7 Å². The zero-order valence-electron chi connectivity index (χ0n) is 19.0. The van der Waals surface area contributed by atoms with Crippen LogP contribution in [-0.4, -0.2) is 36.1 Å². The summed E-state index contributed by atoms with van der Waals surface area (Å²) < 4.78 is 18.1. The average Bonchev–Trinajstić information content (AvgIpc) is 3.72. The molecule has 1 amide bonds. The molecule has 1 aromatic carbocycles. The van der Waals surface area contributed by atoms with E-state index in [0.29, 0.717) is 29.2 Å². The van der Waals surface area contributed by atoms with E-state index in [0.717, 1.165) is 25.0 Å². The van der Waals surface area contributed by atoms with Crippen LogP contribution in [0.3, 0.4) is 0 Å². The molecule has 2 saturated carbocycles. The van der Waals surface area contributed by atoms with Crippen LogP contribution in [0.5, 0.6) is 0 Å². The summed E-state index contributed by atoms with van der Waals surface area (Å²) >= 11 is 0. The van der Waals surface area contributed by atoms with Gasteiger partial charge in [0.2, 0.25) is 0 Å². The Labute approximate surface area is 197 Å². The van der Waals surface area contributed by atoms with Gasteiger partial charge in [-0.25, -0.2) is 14.4 Å². The Morgan fingerprint density at radius 3 is 2.82 bits per heavy atom. The number of imidazole rings is 1. The molecule has 2 aliphatic rings. The molecule has 1 N–H and O–H groups in total. The van der Waals surface area contributed by atoms with E-state index in [1.807, 2.05) is 17.7 Å². The molecular weight excluding hydrogens is 433 g/mol. The number of hydrogen-bond acceptors (Lipinski definition) is 5. The third-order valence-corrected chi connectivity index (χ3v) is 5.87. The summed E-state index contributed by atoms with van der Waals surface area (Å²) in [6.07, 6.45) is 14.2. The molecule has 0 aliphatic heterocycles. The summed E-state index contributed by atoms with van der Waals surface area (Å²) in [5.74, 6) is 0.560. The number of carbonyl (C=O) groups excluding carboxylic acids is 1. The molecule has 0 atom stereocenters. The molecule has 0 spiro atoms. The Morgan fingerprint density at radius 1 is 1.26 bits per heavy atom. The van der Waals surface area contributed by atoms with E-state index in [9.17, 15) is 9.18 Å². The summed E-state index contributed by atoms with van der Waals surface area (Å²) in [7, 11) is 0. The lowest BCUT2D eigenvalue weighted by Crippen LogP contribution is -2.29. The maximum Gasteiger partial charge on any atom is 0.256 e. The van der Waals surface area contributed by atoms with Gasteiger partial charge >= 0.3 is 0 Å². The molecule has 5 rings (SSSR count). The van der Waals surface area contributed by atoms with Gasteiger partial charge in [0.25, 0.3) is 5.91 Å². The van der Waals surface area contributed by atoms with E-state index in [2.05, 4.69) is 32.1 Å². The van der Waals surface area contributed by atoms with Crippen molar-refractivity contribution in [3.05, 3.63) is 78.7 Å². The lowest BCUT2D eigenvalue weighted by molar-refractivity contribution is 0.0977. The van der Waals surface area contributed by atoms with Crippen molar-refractivity contribution >= 4 is 17.4 Å². The molecule has 0 bridgehead atoms. The van der Waals surface area contributed by atoms with E-state index in [4.69, 9.17) is 0 Å². The summed E-state index contributed by atoms with van der Waals surface area (Å²) in [5.41, 5.74) is 2.07. The Kier molecular flexibility index (Phi) is 5.91. The Hall–Kier alpha value is -3.88. The number of halogens is 1. The standard InChI is InChI=1S/C25H26FN7O/c1-3-4-23(29-16(2)24-31-28-15-33(24)21-7-8-21)30-25(34)18-10-19(26)12-22(11-18)32-13-20(27-14-32)9-17-5-6-17/h3-4,10-15,17,21H,2,5-9H2,1H3,(H,29,30,34). The fourth-order valence-electron chi connectivity index (χ4n) is 3.80. The number of allylic oxidation sites excluding steroid dienone is 1. The van der Waals surface area contributed by atoms with Gasteiger partial charge in [0.15, 0.2) is 5.82 Å². The molecule has 0 unspecified atom stereocenters. The lowest BCUT2D eigenvalue weighted by Gasteiger charge is -2.10. The number of carbonyl (C=O) groups is 1. The highest BCUT2D eigenvalue weighted by atomic mass is 19.1. The van der Waals surface area contributed by atoms with Crippen LogP contribution < -0.4 is 5.32 Å². The molecule has 2 fully saturated rings. The maximum absolute atomic E-state index is 14.4. The highest BCUT2D eigenvalue weighted by molar-refractivity contribution is 6.11. The van der Waals surface area contributed by atoms with Crippen LogP contribution in [0.4, 0.5) is 4.39 Å². The molecule has 2 aromatic heterocycles. The normalized spacial score (nSPS) is 16.2. The molecule has 174 valence electrons. The molecule has 9 heteroatoms. The predicted octanol–water partition coefficient (Wildman–Crippen LogP) is 4.27. The smallest absolute Gasteiger partial charge is 0.256 e. The van der Waals surface area contributed by atoms with Crippen LogP contribution in [0.25, 0.3) is 11.4 Å². The van der Waals surface area contributed by atoms with Crippen LogP contribution in [0.15, 0.2) is 60.8 Å². The Balaban J connectivity index is 1.35. The Morgan fingerprint density at radius 2 is 2.09 bits per heavy atom. The van der Waals surface area contributed by atoms with Gasteiger partial charge in [-0.3, -0.25) is 4.79 Å². The van der Waals surface area contributed by atoms with Crippen molar-refractivity contribution in [1.29, 1.82) is 0 Å². The van der Waals surface area contributed by atoms with Gasteiger partial charge in [-0.2, -0.15) is 0 Å². The minimum absolute atomic E-state index is 0.177. The van der Waals surface area contributed by atoms with E-state index in [1.54, 1.807) is 35.4 Å². The van der Waals surface area contributed by atoms with Crippen molar-refractivity contribution in [3.63, 3.8) is 0 Å². The van der Waals surface area contributed by atoms with Gasteiger partial charge < -0.3 is 14.5 Å². The number of amides is 1. The number of benzene rings is 1. The lowest BCUT2D eigenvalue weighted by atomic mass is 10.1. The quantitative estimate of drug-likeness (QED) is 0.402. The van der Waals surface area contributed by atoms with Crippen LogP contribution in [-0.2, 0) is 6.42 Å². The topological polar surface area (TPSA) is 90.0 Å². The second-order valence-electron chi connectivity index (χ2n) is 8.81. The zero-order chi connectivity index (χ0) is 23.7. The molecule has 34 heavy (non-hydrogen) atoms. The van der Waals surface area contributed by atoms with E-state index >= 15 is 0 Å². The van der Waals surface area contributed by atoms with Gasteiger partial charge in [0.05, 0.1) is 17.7 Å². The molecule has 8 nitrogen and oxygen atoms in total. The van der Waals surface area contributed by atoms with Crippen molar-refractivity contribution in [2.75, 3.05) is 0 Å². The maximum atomic E-state index is 14.4. The first kappa shape index (κ1) is 21.9. The van der Waals surface area contributed by atoms with Crippen LogP contribution >= 0.6 is 0 Å². The van der Waals surface area contributed by atoms with Gasteiger partial charge in [-0.15, -0.1) is 10.2 Å². The third kappa shape index (κ3) is 5.03. The van der Waals surface area contributed by atoms with Gasteiger partial charge in [0.1, 0.15) is 23.7 Å². The summed E-state index contributed by atoms with van der Waals surface area (Å²) in [5, 5.41) is 10.8. The summed E-state index contributed by atoms with van der Waals surface area (Å²) in [4.78, 5) is 21.9. The fraction of sp³-hybridized carbons (Fsp3) is 0.320.